The van der Waals surface area contributed by atoms with Crippen LogP contribution in [0.15, 0.2) is 42.6 Å². The standard InChI is InChI=1S/C23H35N3O/c1-6-7-13-24-23(27)26(20(5)18(2)3)17-22-12-9-14-25(22)16-21-11-8-10-19(4)15-21/h8-12,14-15,18,20H,6-7,13,16-17H2,1-5H3,(H,24,27)/t20-/m1/s1. The first-order chi connectivity index (χ1) is 12.9. The van der Waals surface area contributed by atoms with Gasteiger partial charge in [-0.2, -0.15) is 0 Å². The lowest BCUT2D eigenvalue weighted by molar-refractivity contribution is 0.155. The lowest BCUT2D eigenvalue weighted by Gasteiger charge is -2.32. The summed E-state index contributed by atoms with van der Waals surface area (Å²) in [6.07, 6.45) is 4.20. The Morgan fingerprint density at radius 1 is 1.19 bits per heavy atom. The van der Waals surface area contributed by atoms with Crippen LogP contribution in [0.1, 0.15) is 57.4 Å². The maximum atomic E-state index is 12.8. The summed E-state index contributed by atoms with van der Waals surface area (Å²) in [4.78, 5) is 14.8. The van der Waals surface area contributed by atoms with Gasteiger partial charge >= 0.3 is 6.03 Å². The van der Waals surface area contributed by atoms with E-state index < -0.39 is 0 Å². The van der Waals surface area contributed by atoms with Gasteiger partial charge in [-0.3, -0.25) is 0 Å². The predicted octanol–water partition coefficient (Wildman–Crippen LogP) is 5.20. The molecule has 0 saturated carbocycles. The molecule has 0 bridgehead atoms. The second-order valence-electron chi connectivity index (χ2n) is 7.81. The van der Waals surface area contributed by atoms with Crippen molar-refractivity contribution in [2.45, 2.75) is 66.6 Å². The van der Waals surface area contributed by atoms with E-state index in [1.54, 1.807) is 0 Å². The number of unbranched alkanes of at least 4 members (excludes halogenated alkanes) is 1. The molecule has 1 N–H and O–H groups in total. The van der Waals surface area contributed by atoms with E-state index in [0.29, 0.717) is 12.5 Å². The van der Waals surface area contributed by atoms with E-state index in [1.807, 2.05) is 4.90 Å². The van der Waals surface area contributed by atoms with E-state index in [1.165, 1.54) is 11.1 Å². The van der Waals surface area contributed by atoms with E-state index in [9.17, 15) is 4.79 Å². The predicted molar refractivity (Wildman–Crippen MR) is 113 cm³/mol. The molecule has 27 heavy (non-hydrogen) atoms. The van der Waals surface area contributed by atoms with Crippen LogP contribution in [-0.4, -0.2) is 28.1 Å². The lowest BCUT2D eigenvalue weighted by Crippen LogP contribution is -2.47. The Labute approximate surface area is 164 Å². The van der Waals surface area contributed by atoms with Crippen molar-refractivity contribution < 1.29 is 4.79 Å². The van der Waals surface area contributed by atoms with Gasteiger partial charge in [0.05, 0.1) is 6.54 Å². The van der Waals surface area contributed by atoms with E-state index >= 15 is 0 Å². The highest BCUT2D eigenvalue weighted by Crippen LogP contribution is 2.17. The Kier molecular flexibility index (Phi) is 7.96. The zero-order valence-electron chi connectivity index (χ0n) is 17.5. The van der Waals surface area contributed by atoms with E-state index in [-0.39, 0.29) is 12.1 Å². The largest absolute Gasteiger partial charge is 0.345 e. The number of aryl methyl sites for hydroxylation is 1. The molecule has 148 valence electrons. The number of nitrogens with zero attached hydrogens (tertiary/aromatic N) is 2. The van der Waals surface area contributed by atoms with Crippen molar-refractivity contribution in [1.82, 2.24) is 14.8 Å². The van der Waals surface area contributed by atoms with Crippen molar-refractivity contribution in [2.24, 2.45) is 5.92 Å². The number of urea groups is 1. The molecule has 2 rings (SSSR count). The highest BCUT2D eigenvalue weighted by atomic mass is 16.2. The maximum Gasteiger partial charge on any atom is 0.318 e. The molecule has 1 atom stereocenters. The minimum absolute atomic E-state index is 0.0351. The second-order valence-corrected chi connectivity index (χ2v) is 7.81. The van der Waals surface area contributed by atoms with Crippen LogP contribution in [0, 0.1) is 12.8 Å². The van der Waals surface area contributed by atoms with Crippen LogP contribution in [0.25, 0.3) is 0 Å². The molecule has 2 aromatic rings. The Balaban J connectivity index is 2.15. The molecule has 0 unspecified atom stereocenters. The zero-order valence-corrected chi connectivity index (χ0v) is 17.5. The van der Waals surface area contributed by atoms with Crippen LogP contribution in [0.2, 0.25) is 0 Å². The molecule has 0 spiro atoms. The van der Waals surface area contributed by atoms with Gasteiger partial charge in [-0.05, 0) is 43.9 Å². The molecule has 0 aliphatic rings. The third-order valence-corrected chi connectivity index (χ3v) is 5.22. The average Bonchev–Trinajstić information content (AvgIpc) is 3.06. The van der Waals surface area contributed by atoms with Crippen LogP contribution >= 0.6 is 0 Å². The summed E-state index contributed by atoms with van der Waals surface area (Å²) in [5.74, 6) is 0.405. The van der Waals surface area contributed by atoms with Crippen molar-refractivity contribution in [3.05, 3.63) is 59.4 Å². The van der Waals surface area contributed by atoms with Gasteiger partial charge in [0.25, 0.3) is 0 Å². The molecule has 4 heteroatoms. The van der Waals surface area contributed by atoms with Crippen LogP contribution in [-0.2, 0) is 13.1 Å². The fourth-order valence-electron chi connectivity index (χ4n) is 3.16. The Morgan fingerprint density at radius 3 is 2.63 bits per heavy atom. The molecule has 0 fully saturated rings. The Morgan fingerprint density at radius 2 is 1.96 bits per heavy atom. The van der Waals surface area contributed by atoms with Crippen molar-refractivity contribution in [1.29, 1.82) is 0 Å². The molecule has 0 saturated heterocycles. The highest BCUT2D eigenvalue weighted by molar-refractivity contribution is 5.74. The van der Waals surface area contributed by atoms with Gasteiger partial charge in [0.1, 0.15) is 0 Å². The number of rotatable bonds is 9. The minimum Gasteiger partial charge on any atom is -0.345 e. The van der Waals surface area contributed by atoms with Crippen LogP contribution < -0.4 is 5.32 Å². The fourth-order valence-corrected chi connectivity index (χ4v) is 3.16. The van der Waals surface area contributed by atoms with E-state index in [4.69, 9.17) is 0 Å². The van der Waals surface area contributed by atoms with Gasteiger partial charge in [-0.25, -0.2) is 4.79 Å². The number of hydrogen-bond acceptors (Lipinski definition) is 1. The Hall–Kier alpha value is -2.23. The third-order valence-electron chi connectivity index (χ3n) is 5.22. The summed E-state index contributed by atoms with van der Waals surface area (Å²) in [7, 11) is 0. The molecule has 4 nitrogen and oxygen atoms in total. The fraction of sp³-hybridized carbons (Fsp3) is 0.522. The molecule has 1 heterocycles. The number of amides is 2. The van der Waals surface area contributed by atoms with Crippen molar-refractivity contribution in [3.8, 4) is 0 Å². The quantitative estimate of drug-likeness (QED) is 0.606. The number of aromatic nitrogens is 1. The summed E-state index contributed by atoms with van der Waals surface area (Å²) in [5.41, 5.74) is 3.71. The normalized spacial score (nSPS) is 12.2. The van der Waals surface area contributed by atoms with Crippen molar-refractivity contribution >= 4 is 6.03 Å². The third kappa shape index (κ3) is 6.16. The smallest absolute Gasteiger partial charge is 0.318 e. The first kappa shape index (κ1) is 21.1. The number of carbonyl (C=O) groups excluding carboxylic acids is 1. The summed E-state index contributed by atoms with van der Waals surface area (Å²) in [5, 5.41) is 3.09. The van der Waals surface area contributed by atoms with Gasteiger partial charge in [-0.1, -0.05) is 57.0 Å². The topological polar surface area (TPSA) is 37.3 Å². The average molecular weight is 370 g/mol. The van der Waals surface area contributed by atoms with Crippen molar-refractivity contribution in [2.75, 3.05) is 6.54 Å². The van der Waals surface area contributed by atoms with E-state index in [2.05, 4.69) is 87.1 Å². The van der Waals surface area contributed by atoms with Gasteiger partial charge in [-0.15, -0.1) is 0 Å². The van der Waals surface area contributed by atoms with Gasteiger partial charge < -0.3 is 14.8 Å². The second kappa shape index (κ2) is 10.2. The first-order valence-electron chi connectivity index (χ1n) is 10.2. The highest BCUT2D eigenvalue weighted by Gasteiger charge is 2.23. The molecule has 1 aromatic heterocycles. The lowest BCUT2D eigenvalue weighted by atomic mass is 10.0. The summed E-state index contributed by atoms with van der Waals surface area (Å²) in [6.45, 7) is 12.9. The first-order valence-corrected chi connectivity index (χ1v) is 10.2. The van der Waals surface area contributed by atoms with Crippen LogP contribution in [0.3, 0.4) is 0 Å². The molecule has 0 aliphatic heterocycles. The SMILES string of the molecule is CCCCNC(=O)N(Cc1cccn1Cc1cccc(C)c1)[C@H](C)C(C)C. The number of carbonyl (C=O) groups is 1. The number of benzene rings is 1. The van der Waals surface area contributed by atoms with Crippen LogP contribution in [0.4, 0.5) is 4.79 Å². The molecule has 0 radical (unpaired) electrons. The van der Waals surface area contributed by atoms with Gasteiger partial charge in [0, 0.05) is 31.0 Å². The minimum atomic E-state index is 0.0351. The molecule has 0 aliphatic carbocycles. The summed E-state index contributed by atoms with van der Waals surface area (Å²) >= 11 is 0. The van der Waals surface area contributed by atoms with E-state index in [0.717, 1.165) is 31.6 Å². The van der Waals surface area contributed by atoms with Crippen molar-refractivity contribution in [3.63, 3.8) is 0 Å². The maximum absolute atomic E-state index is 12.8. The van der Waals surface area contributed by atoms with Gasteiger partial charge in [0.15, 0.2) is 0 Å². The van der Waals surface area contributed by atoms with Gasteiger partial charge in [0.2, 0.25) is 0 Å². The number of nitrogens with one attached hydrogen (secondary N) is 1. The van der Waals surface area contributed by atoms with Crippen LogP contribution in [0.5, 0.6) is 0 Å². The monoisotopic (exact) mass is 369 g/mol. The molecule has 1 aromatic carbocycles. The summed E-state index contributed by atoms with van der Waals surface area (Å²) < 4.78 is 2.24. The number of hydrogen-bond donors (Lipinski definition) is 1. The Bertz CT molecular complexity index is 720. The molecular weight excluding hydrogens is 334 g/mol. The summed E-state index contributed by atoms with van der Waals surface area (Å²) in [6, 6.07) is 13.0. The molecule has 2 amide bonds. The zero-order chi connectivity index (χ0) is 19.8. The molecular formula is C23H35N3O.